The van der Waals surface area contributed by atoms with Crippen LogP contribution in [-0.2, 0) is 39.3 Å². The van der Waals surface area contributed by atoms with Gasteiger partial charge in [-0.1, -0.05) is 37.8 Å². The molecule has 36 heavy (non-hydrogen) atoms. The van der Waals surface area contributed by atoms with Crippen LogP contribution >= 0.6 is 0 Å². The number of halogens is 3. The van der Waals surface area contributed by atoms with Gasteiger partial charge in [-0.25, -0.2) is 21.6 Å². The van der Waals surface area contributed by atoms with Gasteiger partial charge < -0.3 is 0 Å². The average molecular weight is 546 g/mol. The Balaban J connectivity index is 1.60. The van der Waals surface area contributed by atoms with Crippen LogP contribution in [0.5, 0.6) is 0 Å². The molecule has 3 rings (SSSR count). The Hall–Kier alpha value is -2.25. The van der Waals surface area contributed by atoms with Crippen LogP contribution in [0.25, 0.3) is 0 Å². The van der Waals surface area contributed by atoms with Crippen molar-refractivity contribution in [1.82, 2.24) is 13.9 Å². The zero-order valence-corrected chi connectivity index (χ0v) is 21.5. The zero-order valence-electron chi connectivity index (χ0n) is 19.9. The van der Waals surface area contributed by atoms with E-state index in [2.05, 4.69) is 11.3 Å². The Bertz CT molecular complexity index is 1250. The second-order valence-electron chi connectivity index (χ2n) is 8.72. The molecular weight excluding hydrogens is 515 g/mol. The van der Waals surface area contributed by atoms with Crippen molar-refractivity contribution >= 4 is 20.0 Å². The fourth-order valence-electron chi connectivity index (χ4n) is 3.99. The van der Waals surface area contributed by atoms with Crippen LogP contribution in [0.2, 0.25) is 0 Å². The van der Waals surface area contributed by atoms with Crippen molar-refractivity contribution in [3.63, 3.8) is 0 Å². The standard InChI is InChI=1S/C24H30F3N3O4S2/c1-3-29(16-19-5-9-22(10-6-19)24(25,26)27)17-20-7-11-23(12-8-20)36(33,34)30-14-13-21(18-30)15-28-35(31,32)4-2/h4-12,21,28H,2-3,13-18H2,1H3/t21-/m1/s1. The summed E-state index contributed by atoms with van der Waals surface area (Å²) >= 11 is 0. The first-order valence-corrected chi connectivity index (χ1v) is 14.4. The SMILES string of the molecule is C=CS(=O)(=O)NC[C@H]1CCN(S(=O)(=O)c2ccc(CN(CC)Cc3ccc(C(F)(F)F)cc3)cc2)C1. The summed E-state index contributed by atoms with van der Waals surface area (Å²) < 4.78 is 91.2. The molecule has 0 radical (unpaired) electrons. The predicted molar refractivity (Wildman–Crippen MR) is 132 cm³/mol. The quantitative estimate of drug-likeness (QED) is 0.464. The number of benzene rings is 2. The van der Waals surface area contributed by atoms with E-state index in [-0.39, 0.29) is 23.9 Å². The van der Waals surface area contributed by atoms with Crippen LogP contribution in [0.4, 0.5) is 13.2 Å². The summed E-state index contributed by atoms with van der Waals surface area (Å²) in [6.45, 7) is 7.48. The predicted octanol–water partition coefficient (Wildman–Crippen LogP) is 3.80. The van der Waals surface area contributed by atoms with Gasteiger partial charge in [0.15, 0.2) is 0 Å². The van der Waals surface area contributed by atoms with Gasteiger partial charge in [0, 0.05) is 38.1 Å². The van der Waals surface area contributed by atoms with Crippen LogP contribution in [-0.4, -0.2) is 52.2 Å². The molecule has 1 saturated heterocycles. The molecule has 0 aliphatic carbocycles. The van der Waals surface area contributed by atoms with Crippen LogP contribution in [0, 0.1) is 5.92 Å². The Kier molecular flexibility index (Phi) is 8.99. The molecule has 0 bridgehead atoms. The molecule has 1 aliphatic heterocycles. The van der Waals surface area contributed by atoms with E-state index in [4.69, 9.17) is 0 Å². The molecule has 0 spiro atoms. The summed E-state index contributed by atoms with van der Waals surface area (Å²) in [5.74, 6) is -0.128. The van der Waals surface area contributed by atoms with E-state index in [0.717, 1.165) is 28.7 Å². The summed E-state index contributed by atoms with van der Waals surface area (Å²) in [6, 6.07) is 11.6. The average Bonchev–Trinajstić information content (AvgIpc) is 3.33. The summed E-state index contributed by atoms with van der Waals surface area (Å²) in [5, 5.41) is 0.821. The summed E-state index contributed by atoms with van der Waals surface area (Å²) in [6.07, 6.45) is -3.82. The number of alkyl halides is 3. The third-order valence-corrected chi connectivity index (χ3v) is 9.03. The van der Waals surface area contributed by atoms with Gasteiger partial charge in [-0.3, -0.25) is 4.90 Å². The minimum Gasteiger partial charge on any atom is -0.295 e. The van der Waals surface area contributed by atoms with Gasteiger partial charge in [0.1, 0.15) is 0 Å². The Labute approximate surface area is 210 Å². The van der Waals surface area contributed by atoms with Crippen molar-refractivity contribution in [3.05, 3.63) is 77.2 Å². The van der Waals surface area contributed by atoms with E-state index >= 15 is 0 Å². The Morgan fingerprint density at radius 3 is 2.08 bits per heavy atom. The van der Waals surface area contributed by atoms with E-state index in [0.29, 0.717) is 32.6 Å². The number of hydrogen-bond acceptors (Lipinski definition) is 5. The lowest BCUT2D eigenvalue weighted by Gasteiger charge is -2.21. The molecule has 2 aromatic rings. The topological polar surface area (TPSA) is 86.8 Å². The third kappa shape index (κ3) is 7.39. The second kappa shape index (κ2) is 11.4. The van der Waals surface area contributed by atoms with Crippen LogP contribution in [0.3, 0.4) is 0 Å². The minimum atomic E-state index is -4.37. The van der Waals surface area contributed by atoms with E-state index in [1.807, 2.05) is 11.8 Å². The molecule has 198 valence electrons. The summed E-state index contributed by atoms with van der Waals surface area (Å²) in [7, 11) is -7.28. The van der Waals surface area contributed by atoms with E-state index in [1.165, 1.54) is 16.4 Å². The highest BCUT2D eigenvalue weighted by Gasteiger charge is 2.33. The monoisotopic (exact) mass is 545 g/mol. The lowest BCUT2D eigenvalue weighted by Crippen LogP contribution is -2.32. The van der Waals surface area contributed by atoms with Crippen molar-refractivity contribution in [2.75, 3.05) is 26.2 Å². The van der Waals surface area contributed by atoms with Crippen molar-refractivity contribution in [2.24, 2.45) is 5.92 Å². The van der Waals surface area contributed by atoms with Crippen LogP contribution in [0.1, 0.15) is 30.0 Å². The van der Waals surface area contributed by atoms with Crippen molar-refractivity contribution in [2.45, 2.75) is 37.5 Å². The molecule has 1 aliphatic rings. The smallest absolute Gasteiger partial charge is 0.295 e. The summed E-state index contributed by atoms with van der Waals surface area (Å²) in [4.78, 5) is 2.20. The molecule has 12 heteroatoms. The van der Waals surface area contributed by atoms with E-state index < -0.39 is 31.8 Å². The first-order valence-electron chi connectivity index (χ1n) is 11.4. The third-order valence-electron chi connectivity index (χ3n) is 6.14. The number of nitrogens with zero attached hydrogens (tertiary/aromatic N) is 2. The zero-order chi connectivity index (χ0) is 26.6. The van der Waals surface area contributed by atoms with Crippen LogP contribution in [0.15, 0.2) is 65.4 Å². The number of sulfonamides is 2. The highest BCUT2D eigenvalue weighted by atomic mass is 32.2. The number of hydrogen-bond donors (Lipinski definition) is 1. The lowest BCUT2D eigenvalue weighted by molar-refractivity contribution is -0.137. The summed E-state index contributed by atoms with van der Waals surface area (Å²) in [5.41, 5.74) is 0.942. The molecule has 0 amide bonds. The Morgan fingerprint density at radius 2 is 1.58 bits per heavy atom. The fraction of sp³-hybridized carbons (Fsp3) is 0.417. The first kappa shape index (κ1) is 28.3. The molecule has 1 fully saturated rings. The highest BCUT2D eigenvalue weighted by molar-refractivity contribution is 7.92. The normalized spacial score (nSPS) is 17.5. The van der Waals surface area contributed by atoms with Gasteiger partial charge in [0.25, 0.3) is 0 Å². The molecule has 0 aromatic heterocycles. The molecule has 0 unspecified atom stereocenters. The van der Waals surface area contributed by atoms with Gasteiger partial charge in [0.2, 0.25) is 20.0 Å². The van der Waals surface area contributed by atoms with Gasteiger partial charge in [-0.15, -0.1) is 0 Å². The molecular formula is C24H30F3N3O4S2. The Morgan fingerprint density at radius 1 is 1.03 bits per heavy atom. The molecule has 1 atom stereocenters. The molecule has 1 heterocycles. The largest absolute Gasteiger partial charge is 0.416 e. The van der Waals surface area contributed by atoms with E-state index in [1.54, 1.807) is 24.3 Å². The number of rotatable bonds is 11. The highest BCUT2D eigenvalue weighted by Crippen LogP contribution is 2.29. The van der Waals surface area contributed by atoms with Crippen molar-refractivity contribution in [1.29, 1.82) is 0 Å². The van der Waals surface area contributed by atoms with Gasteiger partial charge in [0.05, 0.1) is 10.5 Å². The minimum absolute atomic E-state index is 0.128. The first-order chi connectivity index (χ1) is 16.8. The molecule has 2 aromatic carbocycles. The van der Waals surface area contributed by atoms with Gasteiger partial charge >= 0.3 is 6.18 Å². The van der Waals surface area contributed by atoms with Gasteiger partial charge in [-0.2, -0.15) is 17.5 Å². The van der Waals surface area contributed by atoms with Crippen molar-refractivity contribution in [3.8, 4) is 0 Å². The molecule has 7 nitrogen and oxygen atoms in total. The number of nitrogens with one attached hydrogen (secondary N) is 1. The van der Waals surface area contributed by atoms with Crippen molar-refractivity contribution < 1.29 is 30.0 Å². The van der Waals surface area contributed by atoms with Gasteiger partial charge in [-0.05, 0) is 54.3 Å². The molecule has 1 N–H and O–H groups in total. The maximum Gasteiger partial charge on any atom is 0.416 e. The maximum atomic E-state index is 13.0. The molecule has 0 saturated carbocycles. The fourth-order valence-corrected chi connectivity index (χ4v) is 6.10. The maximum absolute atomic E-state index is 13.0. The second-order valence-corrected chi connectivity index (χ2v) is 12.4. The lowest BCUT2D eigenvalue weighted by atomic mass is 10.1. The van der Waals surface area contributed by atoms with E-state index in [9.17, 15) is 30.0 Å². The van der Waals surface area contributed by atoms with Crippen LogP contribution < -0.4 is 4.72 Å².